The van der Waals surface area contributed by atoms with Gasteiger partial charge in [0.15, 0.2) is 11.5 Å². The van der Waals surface area contributed by atoms with E-state index in [-0.39, 0.29) is 0 Å². The second-order valence-corrected chi connectivity index (χ2v) is 7.78. The summed E-state index contributed by atoms with van der Waals surface area (Å²) < 4.78 is 0.917. The van der Waals surface area contributed by atoms with Gasteiger partial charge in [-0.1, -0.05) is 17.7 Å². The molecular weight excluding hydrogens is 408 g/mol. The fourth-order valence-corrected chi connectivity index (χ4v) is 3.82. The minimum Gasteiger partial charge on any atom is -0.335 e. The van der Waals surface area contributed by atoms with Gasteiger partial charge in [-0.25, -0.2) is 15.0 Å². The van der Waals surface area contributed by atoms with Gasteiger partial charge in [-0.05, 0) is 52.2 Å². The zero-order chi connectivity index (χ0) is 16.7. The highest BCUT2D eigenvalue weighted by molar-refractivity contribution is 9.10. The number of thiazole rings is 1. The van der Waals surface area contributed by atoms with Crippen LogP contribution in [0.1, 0.15) is 16.1 Å². The Morgan fingerprint density at radius 2 is 2.12 bits per heavy atom. The van der Waals surface area contributed by atoms with Gasteiger partial charge in [0.25, 0.3) is 0 Å². The van der Waals surface area contributed by atoms with Crippen LogP contribution < -0.4 is 0 Å². The van der Waals surface area contributed by atoms with Crippen LogP contribution in [-0.2, 0) is 6.42 Å². The highest BCUT2D eigenvalue weighted by Gasteiger charge is 2.11. The molecule has 1 aromatic carbocycles. The number of benzene rings is 1. The molecule has 120 valence electrons. The van der Waals surface area contributed by atoms with Crippen molar-refractivity contribution in [2.24, 2.45) is 0 Å². The van der Waals surface area contributed by atoms with Crippen molar-refractivity contribution in [2.45, 2.75) is 13.3 Å². The third kappa shape index (κ3) is 3.09. The number of rotatable bonds is 3. The molecule has 0 fully saturated rings. The number of nitrogens with one attached hydrogen (secondary N) is 1. The molecule has 4 nitrogen and oxygen atoms in total. The summed E-state index contributed by atoms with van der Waals surface area (Å²) in [4.78, 5) is 16.8. The number of H-pyrrole nitrogens is 1. The second-order valence-electron chi connectivity index (χ2n) is 5.48. The Morgan fingerprint density at radius 1 is 1.25 bits per heavy atom. The van der Waals surface area contributed by atoms with Crippen LogP contribution in [-0.4, -0.2) is 19.9 Å². The summed E-state index contributed by atoms with van der Waals surface area (Å²) in [5.41, 5.74) is 4.82. The molecule has 0 aliphatic rings. The van der Waals surface area contributed by atoms with E-state index in [1.54, 1.807) is 17.5 Å². The minimum absolute atomic E-state index is 0.688. The highest BCUT2D eigenvalue weighted by Crippen LogP contribution is 2.25. The predicted molar refractivity (Wildman–Crippen MR) is 102 cm³/mol. The van der Waals surface area contributed by atoms with Crippen LogP contribution in [0.25, 0.3) is 22.7 Å². The maximum atomic E-state index is 6.10. The first kappa shape index (κ1) is 15.7. The Kier molecular flexibility index (Phi) is 4.12. The van der Waals surface area contributed by atoms with E-state index in [9.17, 15) is 0 Å². The molecule has 0 bridgehead atoms. The quantitative estimate of drug-likeness (QED) is 0.484. The minimum atomic E-state index is 0.688. The lowest BCUT2D eigenvalue weighted by Crippen LogP contribution is -1.91. The number of pyridine rings is 1. The third-order valence-corrected chi connectivity index (χ3v) is 5.27. The molecule has 0 aliphatic carbocycles. The van der Waals surface area contributed by atoms with E-state index in [0.29, 0.717) is 5.65 Å². The second kappa shape index (κ2) is 6.27. The van der Waals surface area contributed by atoms with Gasteiger partial charge in [-0.2, -0.15) is 0 Å². The summed E-state index contributed by atoms with van der Waals surface area (Å²) in [5.74, 6) is 0.737. The van der Waals surface area contributed by atoms with E-state index in [2.05, 4.69) is 37.8 Å². The maximum Gasteiger partial charge on any atom is 0.178 e. The Labute approximate surface area is 156 Å². The lowest BCUT2D eigenvalue weighted by Gasteiger charge is -2.03. The normalized spacial score (nSPS) is 11.3. The molecule has 0 spiro atoms. The predicted octanol–water partition coefficient (Wildman–Crippen LogP) is 5.40. The Hall–Kier alpha value is -1.76. The maximum absolute atomic E-state index is 6.10. The van der Waals surface area contributed by atoms with Gasteiger partial charge in [-0.3, -0.25) is 0 Å². The SMILES string of the molecule is Cc1ccc(Cl)cc1Cc1nc(-c2nc3ncc(Br)cc3[nH]2)cs1. The van der Waals surface area contributed by atoms with Crippen molar-refractivity contribution >= 4 is 50.0 Å². The fraction of sp³-hybridized carbons (Fsp3) is 0.118. The van der Waals surface area contributed by atoms with Crippen LogP contribution >= 0.6 is 38.9 Å². The van der Waals surface area contributed by atoms with Gasteiger partial charge in [0.1, 0.15) is 5.69 Å². The smallest absolute Gasteiger partial charge is 0.178 e. The summed E-state index contributed by atoms with van der Waals surface area (Å²) in [6.07, 6.45) is 2.50. The number of hydrogen-bond donors (Lipinski definition) is 1. The van der Waals surface area contributed by atoms with E-state index in [1.807, 2.05) is 29.6 Å². The molecule has 0 amide bonds. The van der Waals surface area contributed by atoms with E-state index in [1.165, 1.54) is 11.1 Å². The molecule has 4 rings (SSSR count). The zero-order valence-corrected chi connectivity index (χ0v) is 15.8. The van der Waals surface area contributed by atoms with Crippen LogP contribution in [0.15, 0.2) is 40.3 Å². The molecule has 0 saturated carbocycles. The average Bonchev–Trinajstić information content (AvgIpc) is 3.17. The van der Waals surface area contributed by atoms with Crippen molar-refractivity contribution in [2.75, 3.05) is 0 Å². The van der Waals surface area contributed by atoms with Crippen molar-refractivity contribution in [3.63, 3.8) is 0 Å². The molecule has 0 atom stereocenters. The molecule has 4 aromatic rings. The summed E-state index contributed by atoms with van der Waals surface area (Å²) >= 11 is 11.1. The van der Waals surface area contributed by atoms with Crippen LogP contribution in [0.2, 0.25) is 5.02 Å². The van der Waals surface area contributed by atoms with Crippen molar-refractivity contribution in [3.8, 4) is 11.5 Å². The number of aryl methyl sites for hydroxylation is 1. The standard InChI is InChI=1S/C17H12BrClN4S/c1-9-2-3-12(19)4-10(9)5-15-21-14(8-24-15)17-22-13-6-11(18)7-20-16(13)23-17/h2-4,6-8H,5H2,1H3,(H,20,22,23). The number of aromatic amines is 1. The molecule has 0 radical (unpaired) electrons. The Morgan fingerprint density at radius 3 is 3.00 bits per heavy atom. The van der Waals surface area contributed by atoms with Gasteiger partial charge in [0.2, 0.25) is 0 Å². The first-order chi connectivity index (χ1) is 11.6. The van der Waals surface area contributed by atoms with Crippen LogP contribution in [0.5, 0.6) is 0 Å². The van der Waals surface area contributed by atoms with Crippen molar-refractivity contribution < 1.29 is 0 Å². The Balaban J connectivity index is 1.65. The lowest BCUT2D eigenvalue weighted by atomic mass is 10.1. The van der Waals surface area contributed by atoms with Crippen LogP contribution in [0, 0.1) is 6.92 Å². The molecule has 3 heterocycles. The molecule has 3 aromatic heterocycles. The molecular formula is C17H12BrClN4S. The van der Waals surface area contributed by atoms with Gasteiger partial charge < -0.3 is 4.98 Å². The number of fused-ring (bicyclic) bond motifs is 1. The first-order valence-electron chi connectivity index (χ1n) is 7.29. The topological polar surface area (TPSA) is 54.5 Å². The van der Waals surface area contributed by atoms with E-state index in [0.717, 1.165) is 38.0 Å². The number of nitrogens with zero attached hydrogens (tertiary/aromatic N) is 3. The van der Waals surface area contributed by atoms with Gasteiger partial charge in [0.05, 0.1) is 10.5 Å². The van der Waals surface area contributed by atoms with Gasteiger partial charge in [0, 0.05) is 27.5 Å². The summed E-state index contributed by atoms with van der Waals surface area (Å²) in [5, 5.41) is 3.80. The first-order valence-corrected chi connectivity index (χ1v) is 9.34. The van der Waals surface area contributed by atoms with Crippen LogP contribution in [0.3, 0.4) is 0 Å². The lowest BCUT2D eigenvalue weighted by molar-refractivity contribution is 1.11. The average molecular weight is 420 g/mol. The number of imidazole rings is 1. The highest BCUT2D eigenvalue weighted by atomic mass is 79.9. The largest absolute Gasteiger partial charge is 0.335 e. The van der Waals surface area contributed by atoms with E-state index in [4.69, 9.17) is 16.6 Å². The van der Waals surface area contributed by atoms with Gasteiger partial charge >= 0.3 is 0 Å². The fourth-order valence-electron chi connectivity index (χ4n) is 2.49. The summed E-state index contributed by atoms with van der Waals surface area (Å²) in [6, 6.07) is 7.91. The van der Waals surface area contributed by atoms with Crippen molar-refractivity contribution in [1.29, 1.82) is 0 Å². The molecule has 1 N–H and O–H groups in total. The molecule has 7 heteroatoms. The number of hydrogen-bond acceptors (Lipinski definition) is 4. The van der Waals surface area contributed by atoms with Gasteiger partial charge in [-0.15, -0.1) is 11.3 Å². The molecule has 0 unspecified atom stereocenters. The van der Waals surface area contributed by atoms with Crippen molar-refractivity contribution in [1.82, 2.24) is 19.9 Å². The van der Waals surface area contributed by atoms with Crippen molar-refractivity contribution in [3.05, 3.63) is 61.5 Å². The summed E-state index contributed by atoms with van der Waals surface area (Å²) in [7, 11) is 0. The molecule has 0 aliphatic heterocycles. The summed E-state index contributed by atoms with van der Waals surface area (Å²) in [6.45, 7) is 2.09. The number of aromatic nitrogens is 4. The molecule has 0 saturated heterocycles. The molecule has 24 heavy (non-hydrogen) atoms. The van der Waals surface area contributed by atoms with E-state index < -0.39 is 0 Å². The van der Waals surface area contributed by atoms with E-state index >= 15 is 0 Å². The number of halogens is 2. The zero-order valence-electron chi connectivity index (χ0n) is 12.7. The monoisotopic (exact) mass is 418 g/mol. The Bertz CT molecular complexity index is 1040. The van der Waals surface area contributed by atoms with Crippen LogP contribution in [0.4, 0.5) is 0 Å². The third-order valence-electron chi connectivity index (χ3n) is 3.75.